The maximum absolute atomic E-state index is 13.5. The Morgan fingerprint density at radius 1 is 0.911 bits per heavy atom. The number of carbonyl (C=O) groups excluding carboxylic acids is 5. The molecule has 0 bridgehead atoms. The molecule has 1 unspecified atom stereocenters. The quantitative estimate of drug-likeness (QED) is 0.289. The van der Waals surface area contributed by atoms with Crippen molar-refractivity contribution >= 4 is 35.3 Å². The number of urea groups is 1. The first-order chi connectivity index (χ1) is 26.9. The van der Waals surface area contributed by atoms with E-state index in [2.05, 4.69) is 20.4 Å². The Morgan fingerprint density at radius 3 is 2.34 bits per heavy atom. The maximum atomic E-state index is 13.5. The third-order valence-electron chi connectivity index (χ3n) is 11.0. The largest absolute Gasteiger partial charge is 0.496 e. The number of aromatic nitrogens is 1. The third-order valence-corrected chi connectivity index (χ3v) is 11.0. The topological polar surface area (TPSA) is 166 Å². The number of fused-ring (bicyclic) bond motifs is 2. The number of pyridine rings is 1. The fourth-order valence-corrected chi connectivity index (χ4v) is 8.18. The smallest absolute Gasteiger partial charge is 0.317 e. The summed E-state index contributed by atoms with van der Waals surface area (Å²) in [6.45, 7) is 4.35. The predicted molar refractivity (Wildman–Crippen MR) is 207 cm³/mol. The molecule has 4 aliphatic heterocycles. The normalized spacial score (nSPS) is 18.6. The number of amides is 6. The van der Waals surface area contributed by atoms with Crippen LogP contribution in [0.25, 0.3) is 11.1 Å². The zero-order chi connectivity index (χ0) is 39.8. The van der Waals surface area contributed by atoms with E-state index in [-0.39, 0.29) is 42.1 Å². The van der Waals surface area contributed by atoms with Crippen LogP contribution in [0.4, 0.5) is 10.5 Å². The van der Waals surface area contributed by atoms with E-state index >= 15 is 0 Å². The molecule has 2 saturated heterocycles. The van der Waals surface area contributed by atoms with Gasteiger partial charge in [0, 0.05) is 75.7 Å². The predicted octanol–water partition coefficient (Wildman–Crippen LogP) is 1.77. The number of piperidine rings is 1. The summed E-state index contributed by atoms with van der Waals surface area (Å²) in [4.78, 5) is 86.6. The van der Waals surface area contributed by atoms with Crippen LogP contribution < -0.4 is 30.6 Å². The zero-order valence-electron chi connectivity index (χ0n) is 32.5. The molecule has 2 aromatic carbocycles. The molecule has 2 fully saturated rings. The molecular formula is C40H48N8O8. The van der Waals surface area contributed by atoms with Crippen LogP contribution >= 0.6 is 0 Å². The van der Waals surface area contributed by atoms with E-state index in [1.54, 1.807) is 48.9 Å². The minimum Gasteiger partial charge on any atom is -0.496 e. The molecule has 2 N–H and O–H groups in total. The number of rotatable bonds is 10. The number of aryl methyl sites for hydroxylation is 1. The zero-order valence-corrected chi connectivity index (χ0v) is 32.5. The van der Waals surface area contributed by atoms with Crippen LogP contribution in [0.5, 0.6) is 11.5 Å². The third kappa shape index (κ3) is 7.33. The highest BCUT2D eigenvalue weighted by Gasteiger charge is 2.45. The van der Waals surface area contributed by atoms with E-state index in [4.69, 9.17) is 9.47 Å². The number of benzene rings is 2. The Morgan fingerprint density at radius 2 is 1.64 bits per heavy atom. The van der Waals surface area contributed by atoms with E-state index < -0.39 is 29.7 Å². The summed E-state index contributed by atoms with van der Waals surface area (Å²) in [6, 6.07) is 7.83. The Hall–Kier alpha value is -5.74. The van der Waals surface area contributed by atoms with Gasteiger partial charge in [-0.1, -0.05) is 0 Å². The highest BCUT2D eigenvalue weighted by atomic mass is 16.5. The lowest BCUT2D eigenvalue weighted by Gasteiger charge is -2.37. The van der Waals surface area contributed by atoms with Crippen LogP contribution in [-0.2, 0) is 36.1 Å². The SMILES string of the molecule is COc1cc(-c2cn(C)c(=O)c3c2CCN(C(=O)NCCN2CCCN(c4ccc5c(c4)C(=O)N(C4CCC(=O)NC4=O)C5=O)C2)C3)cc(OC)c1CN(C)C. The molecule has 0 aliphatic carbocycles. The van der Waals surface area contributed by atoms with Gasteiger partial charge >= 0.3 is 6.03 Å². The van der Waals surface area contributed by atoms with Gasteiger partial charge in [-0.25, -0.2) is 4.79 Å². The lowest BCUT2D eigenvalue weighted by molar-refractivity contribution is -0.136. The highest BCUT2D eigenvalue weighted by Crippen LogP contribution is 2.38. The second kappa shape index (κ2) is 15.8. The highest BCUT2D eigenvalue weighted by molar-refractivity contribution is 6.23. The summed E-state index contributed by atoms with van der Waals surface area (Å²) in [5.74, 6) is -0.741. The van der Waals surface area contributed by atoms with Gasteiger partial charge in [0.15, 0.2) is 0 Å². The van der Waals surface area contributed by atoms with Crippen molar-refractivity contribution in [3.63, 3.8) is 0 Å². The number of hydrogen-bond donors (Lipinski definition) is 2. The van der Waals surface area contributed by atoms with Crippen LogP contribution in [0.1, 0.15) is 56.7 Å². The Balaban J connectivity index is 0.979. The van der Waals surface area contributed by atoms with Gasteiger partial charge < -0.3 is 34.1 Å². The molecule has 56 heavy (non-hydrogen) atoms. The van der Waals surface area contributed by atoms with Crippen molar-refractivity contribution in [3.8, 4) is 22.6 Å². The first-order valence-electron chi connectivity index (χ1n) is 18.9. The fourth-order valence-electron chi connectivity index (χ4n) is 8.18. The van der Waals surface area contributed by atoms with Crippen molar-refractivity contribution in [1.29, 1.82) is 0 Å². The summed E-state index contributed by atoms with van der Waals surface area (Å²) in [6.07, 6.45) is 3.37. The summed E-state index contributed by atoms with van der Waals surface area (Å²) in [5, 5.41) is 5.27. The fraction of sp³-hybridized carbons (Fsp3) is 0.450. The summed E-state index contributed by atoms with van der Waals surface area (Å²) in [5.41, 5.74) is 5.32. The van der Waals surface area contributed by atoms with Gasteiger partial charge in [-0.2, -0.15) is 0 Å². The number of hydrogen-bond acceptors (Lipinski definition) is 11. The van der Waals surface area contributed by atoms with Gasteiger partial charge in [0.25, 0.3) is 17.4 Å². The van der Waals surface area contributed by atoms with Gasteiger partial charge in [-0.05, 0) is 74.8 Å². The van der Waals surface area contributed by atoms with E-state index in [1.807, 2.05) is 37.3 Å². The Labute approximate surface area is 324 Å². The van der Waals surface area contributed by atoms with E-state index in [9.17, 15) is 28.8 Å². The second-order valence-electron chi connectivity index (χ2n) is 15.0. The number of nitrogens with one attached hydrogen (secondary N) is 2. The van der Waals surface area contributed by atoms with Crippen molar-refractivity contribution in [2.24, 2.45) is 7.05 Å². The summed E-state index contributed by atoms with van der Waals surface area (Å²) >= 11 is 0. The van der Waals surface area contributed by atoms with Crippen molar-refractivity contribution in [3.05, 3.63) is 74.7 Å². The van der Waals surface area contributed by atoms with Crippen molar-refractivity contribution in [1.82, 2.24) is 34.8 Å². The molecular weight excluding hydrogens is 720 g/mol. The number of carbonyl (C=O) groups is 5. The number of anilines is 1. The van der Waals surface area contributed by atoms with Crippen LogP contribution in [0, 0.1) is 0 Å². The van der Waals surface area contributed by atoms with Gasteiger partial charge in [-0.15, -0.1) is 0 Å². The molecule has 4 aliphatic rings. The molecule has 6 amide bonds. The van der Waals surface area contributed by atoms with Gasteiger partial charge in [0.05, 0.1) is 44.1 Å². The molecule has 1 atom stereocenters. The van der Waals surface area contributed by atoms with Crippen LogP contribution in [-0.4, -0.2) is 128 Å². The lowest BCUT2D eigenvalue weighted by atomic mass is 9.91. The Bertz CT molecular complexity index is 2140. The summed E-state index contributed by atoms with van der Waals surface area (Å²) < 4.78 is 13.1. The molecule has 16 heteroatoms. The molecule has 7 rings (SSSR count). The number of ether oxygens (including phenoxy) is 2. The van der Waals surface area contributed by atoms with Crippen LogP contribution in [0.15, 0.2) is 41.3 Å². The molecule has 16 nitrogen and oxygen atoms in total. The summed E-state index contributed by atoms with van der Waals surface area (Å²) in [7, 11) is 8.95. The van der Waals surface area contributed by atoms with Crippen molar-refractivity contribution in [2.45, 2.75) is 44.8 Å². The van der Waals surface area contributed by atoms with E-state index in [0.717, 1.165) is 52.4 Å². The van der Waals surface area contributed by atoms with Gasteiger partial charge in [0.1, 0.15) is 17.5 Å². The molecule has 3 aromatic rings. The molecule has 0 spiro atoms. The van der Waals surface area contributed by atoms with Crippen LogP contribution in [0.3, 0.4) is 0 Å². The maximum Gasteiger partial charge on any atom is 0.317 e. The average Bonchev–Trinajstić information content (AvgIpc) is 3.43. The van der Waals surface area contributed by atoms with Crippen LogP contribution in [0.2, 0.25) is 0 Å². The lowest BCUT2D eigenvalue weighted by Crippen LogP contribution is -2.54. The minimum atomic E-state index is -1.02. The first kappa shape index (κ1) is 38.5. The number of methoxy groups -OCH3 is 2. The molecule has 296 valence electrons. The van der Waals surface area contributed by atoms with E-state index in [0.29, 0.717) is 56.3 Å². The molecule has 1 aromatic heterocycles. The Kier molecular flexibility index (Phi) is 10.9. The van der Waals surface area contributed by atoms with Crippen molar-refractivity contribution < 1.29 is 33.4 Å². The number of nitrogens with zero attached hydrogens (tertiary/aromatic N) is 6. The molecule has 5 heterocycles. The van der Waals surface area contributed by atoms with E-state index in [1.165, 1.54) is 0 Å². The van der Waals surface area contributed by atoms with Gasteiger partial charge in [0.2, 0.25) is 11.8 Å². The van der Waals surface area contributed by atoms with Gasteiger partial charge in [-0.3, -0.25) is 39.1 Å². The number of imide groups is 2. The van der Waals surface area contributed by atoms with Crippen molar-refractivity contribution in [2.75, 3.05) is 72.6 Å². The first-order valence-corrected chi connectivity index (χ1v) is 18.9. The average molecular weight is 769 g/mol. The molecule has 0 radical (unpaired) electrons. The standard InChI is InChI=1S/C40H48N8O8/c1-43(2)20-31-33(55-4)17-24(18-34(31)56-5)29-21-44(3)37(51)30-22-46(15-11-26(29)30)40(54)41-12-16-45-13-6-14-47(23-45)25-7-8-27-28(19-25)39(53)48(38(27)52)32-9-10-35(49)42-36(32)50/h7-8,17-19,21,32H,6,9-16,20,22-23H2,1-5H3,(H,41,54)(H,42,49,50). The molecule has 0 saturated carbocycles. The monoisotopic (exact) mass is 768 g/mol. The minimum absolute atomic E-state index is 0.0613. The second-order valence-corrected chi connectivity index (χ2v) is 15.0.